The molecule has 0 spiro atoms. The molecule has 5 heteroatoms. The van der Waals surface area contributed by atoms with Gasteiger partial charge in [-0.05, 0) is 12.8 Å². The first-order valence-electron chi connectivity index (χ1n) is 5.86. The van der Waals surface area contributed by atoms with E-state index in [1.807, 2.05) is 6.20 Å². The zero-order valence-corrected chi connectivity index (χ0v) is 10.9. The summed E-state index contributed by atoms with van der Waals surface area (Å²) in [6.45, 7) is 6.85. The van der Waals surface area contributed by atoms with E-state index in [0.717, 1.165) is 18.5 Å². The van der Waals surface area contributed by atoms with E-state index in [-0.39, 0.29) is 16.8 Å². The Balaban J connectivity index is 2.10. The van der Waals surface area contributed by atoms with Crippen molar-refractivity contribution in [2.75, 3.05) is 7.11 Å². The molecule has 0 unspecified atom stereocenters. The highest BCUT2D eigenvalue weighted by molar-refractivity contribution is 5.79. The molecule has 0 saturated heterocycles. The van der Waals surface area contributed by atoms with Gasteiger partial charge in [0.15, 0.2) is 0 Å². The SMILES string of the molecule is COC(=O)C1(Cn2cc(C(C)(C)C)nn2)CC1. The largest absolute Gasteiger partial charge is 0.469 e. The molecule has 1 heterocycles. The second-order valence-corrected chi connectivity index (χ2v) is 5.82. The minimum Gasteiger partial charge on any atom is -0.469 e. The fourth-order valence-corrected chi connectivity index (χ4v) is 1.82. The molecule has 0 amide bonds. The number of nitrogens with zero attached hydrogens (tertiary/aromatic N) is 3. The van der Waals surface area contributed by atoms with Gasteiger partial charge in [-0.2, -0.15) is 0 Å². The van der Waals surface area contributed by atoms with E-state index in [9.17, 15) is 4.79 Å². The summed E-state index contributed by atoms with van der Waals surface area (Å²) in [6, 6.07) is 0. The van der Waals surface area contributed by atoms with Crippen molar-refractivity contribution in [1.29, 1.82) is 0 Å². The molecule has 0 aromatic carbocycles. The van der Waals surface area contributed by atoms with Crippen LogP contribution in [0.15, 0.2) is 6.20 Å². The summed E-state index contributed by atoms with van der Waals surface area (Å²) in [5, 5.41) is 8.23. The smallest absolute Gasteiger partial charge is 0.313 e. The first-order valence-corrected chi connectivity index (χ1v) is 5.86. The van der Waals surface area contributed by atoms with Crippen LogP contribution in [-0.4, -0.2) is 28.1 Å². The van der Waals surface area contributed by atoms with E-state index in [0.29, 0.717) is 6.54 Å². The first kappa shape index (κ1) is 12.1. The molecule has 1 aromatic heterocycles. The highest BCUT2D eigenvalue weighted by Crippen LogP contribution is 2.48. The van der Waals surface area contributed by atoms with Crippen LogP contribution in [0.4, 0.5) is 0 Å². The van der Waals surface area contributed by atoms with Gasteiger partial charge in [-0.25, -0.2) is 0 Å². The maximum absolute atomic E-state index is 11.6. The summed E-state index contributed by atoms with van der Waals surface area (Å²) in [7, 11) is 1.43. The second kappa shape index (κ2) is 3.82. The van der Waals surface area contributed by atoms with E-state index < -0.39 is 0 Å². The Morgan fingerprint density at radius 2 is 2.18 bits per heavy atom. The topological polar surface area (TPSA) is 57.0 Å². The molecular weight excluding hydrogens is 218 g/mol. The van der Waals surface area contributed by atoms with E-state index in [1.165, 1.54) is 7.11 Å². The Bertz CT molecular complexity index is 427. The average Bonchev–Trinajstić information content (AvgIpc) is 2.85. The molecule has 2 rings (SSSR count). The van der Waals surface area contributed by atoms with Gasteiger partial charge in [-0.15, -0.1) is 5.10 Å². The molecule has 5 nitrogen and oxygen atoms in total. The number of methoxy groups -OCH3 is 1. The fourth-order valence-electron chi connectivity index (χ4n) is 1.82. The van der Waals surface area contributed by atoms with Crippen LogP contribution in [0.3, 0.4) is 0 Å². The Morgan fingerprint density at radius 1 is 1.53 bits per heavy atom. The minimum absolute atomic E-state index is 0.0137. The molecular formula is C12H19N3O2. The summed E-state index contributed by atoms with van der Waals surface area (Å²) >= 11 is 0. The van der Waals surface area contributed by atoms with Crippen molar-refractivity contribution in [1.82, 2.24) is 15.0 Å². The standard InChI is InChI=1S/C12H19N3O2/c1-11(2,3)9-7-15(14-13-9)8-12(5-6-12)10(16)17-4/h7H,5-6,8H2,1-4H3. The normalized spacial score (nSPS) is 17.9. The lowest BCUT2D eigenvalue weighted by atomic mass is 9.93. The fraction of sp³-hybridized carbons (Fsp3) is 0.750. The molecule has 94 valence electrons. The Kier molecular flexibility index (Phi) is 2.72. The number of ether oxygens (including phenoxy) is 1. The maximum atomic E-state index is 11.6. The number of esters is 1. The predicted octanol–water partition coefficient (Wildman–Crippen LogP) is 1.53. The van der Waals surface area contributed by atoms with Crippen LogP contribution < -0.4 is 0 Å². The molecule has 0 atom stereocenters. The summed E-state index contributed by atoms with van der Waals surface area (Å²) in [6.07, 6.45) is 3.68. The van der Waals surface area contributed by atoms with Crippen molar-refractivity contribution >= 4 is 5.97 Å². The molecule has 1 aliphatic carbocycles. The second-order valence-electron chi connectivity index (χ2n) is 5.82. The van der Waals surface area contributed by atoms with Crippen LogP contribution in [0.2, 0.25) is 0 Å². The van der Waals surface area contributed by atoms with Gasteiger partial charge in [0.05, 0.1) is 24.8 Å². The third-order valence-electron chi connectivity index (χ3n) is 3.24. The van der Waals surface area contributed by atoms with E-state index in [2.05, 4.69) is 31.1 Å². The van der Waals surface area contributed by atoms with Crippen molar-refractivity contribution in [3.05, 3.63) is 11.9 Å². The lowest BCUT2D eigenvalue weighted by Gasteiger charge is -2.14. The Labute approximate surface area is 101 Å². The van der Waals surface area contributed by atoms with Gasteiger partial charge in [0.25, 0.3) is 0 Å². The van der Waals surface area contributed by atoms with Crippen LogP contribution >= 0.6 is 0 Å². The van der Waals surface area contributed by atoms with Gasteiger partial charge in [-0.3, -0.25) is 9.48 Å². The molecule has 0 bridgehead atoms. The predicted molar refractivity (Wildman–Crippen MR) is 62.4 cm³/mol. The van der Waals surface area contributed by atoms with Crippen molar-refractivity contribution in [2.45, 2.75) is 45.6 Å². The Morgan fingerprint density at radius 3 is 2.59 bits per heavy atom. The molecule has 1 saturated carbocycles. The lowest BCUT2D eigenvalue weighted by Crippen LogP contribution is -2.23. The van der Waals surface area contributed by atoms with Crippen molar-refractivity contribution in [3.63, 3.8) is 0 Å². The quantitative estimate of drug-likeness (QED) is 0.748. The number of aromatic nitrogens is 3. The van der Waals surface area contributed by atoms with Gasteiger partial charge >= 0.3 is 5.97 Å². The summed E-state index contributed by atoms with van der Waals surface area (Å²) < 4.78 is 6.58. The summed E-state index contributed by atoms with van der Waals surface area (Å²) in [5.74, 6) is -0.134. The Hall–Kier alpha value is -1.39. The molecule has 0 N–H and O–H groups in total. The lowest BCUT2D eigenvalue weighted by molar-refractivity contribution is -0.147. The van der Waals surface area contributed by atoms with Crippen molar-refractivity contribution in [3.8, 4) is 0 Å². The van der Waals surface area contributed by atoms with E-state index in [1.54, 1.807) is 4.68 Å². The van der Waals surface area contributed by atoms with Crippen molar-refractivity contribution < 1.29 is 9.53 Å². The number of hydrogen-bond donors (Lipinski definition) is 0. The summed E-state index contributed by atoms with van der Waals surface area (Å²) in [4.78, 5) is 11.6. The maximum Gasteiger partial charge on any atom is 0.313 e. The van der Waals surface area contributed by atoms with Crippen molar-refractivity contribution in [2.24, 2.45) is 5.41 Å². The minimum atomic E-state index is -0.350. The number of hydrogen-bond acceptors (Lipinski definition) is 4. The average molecular weight is 237 g/mol. The molecule has 17 heavy (non-hydrogen) atoms. The highest BCUT2D eigenvalue weighted by atomic mass is 16.5. The van der Waals surface area contributed by atoms with Crippen LogP contribution in [0, 0.1) is 5.41 Å². The van der Waals surface area contributed by atoms with Gasteiger partial charge in [0, 0.05) is 11.6 Å². The zero-order chi connectivity index (χ0) is 12.7. The van der Waals surface area contributed by atoms with Crippen LogP contribution in [-0.2, 0) is 21.5 Å². The monoisotopic (exact) mass is 237 g/mol. The van der Waals surface area contributed by atoms with Crippen LogP contribution in [0.25, 0.3) is 0 Å². The molecule has 0 aliphatic heterocycles. The zero-order valence-electron chi connectivity index (χ0n) is 10.9. The number of rotatable bonds is 3. The first-order chi connectivity index (χ1) is 7.87. The van der Waals surface area contributed by atoms with E-state index >= 15 is 0 Å². The van der Waals surface area contributed by atoms with Gasteiger partial charge in [0.1, 0.15) is 0 Å². The molecule has 0 radical (unpaired) electrons. The summed E-state index contributed by atoms with van der Waals surface area (Å²) in [5.41, 5.74) is 0.579. The van der Waals surface area contributed by atoms with Gasteiger partial charge < -0.3 is 4.74 Å². The molecule has 1 aliphatic rings. The van der Waals surface area contributed by atoms with E-state index in [4.69, 9.17) is 4.74 Å². The van der Waals surface area contributed by atoms with Crippen LogP contribution in [0.5, 0.6) is 0 Å². The molecule has 1 aromatic rings. The third-order valence-corrected chi connectivity index (χ3v) is 3.24. The number of carbonyl (C=O) groups is 1. The molecule has 1 fully saturated rings. The highest BCUT2D eigenvalue weighted by Gasteiger charge is 2.51. The van der Waals surface area contributed by atoms with Crippen LogP contribution in [0.1, 0.15) is 39.3 Å². The van der Waals surface area contributed by atoms with Gasteiger partial charge in [-0.1, -0.05) is 26.0 Å². The van der Waals surface area contributed by atoms with Gasteiger partial charge in [0.2, 0.25) is 0 Å². The number of carbonyl (C=O) groups excluding carboxylic acids is 1. The third kappa shape index (κ3) is 2.33.